The van der Waals surface area contributed by atoms with E-state index < -0.39 is 12.3 Å². The maximum atomic E-state index is 10.9. The summed E-state index contributed by atoms with van der Waals surface area (Å²) in [6, 6.07) is 5.15. The second-order valence-corrected chi connectivity index (χ2v) is 8.08. The molecule has 0 amide bonds. The number of benzene rings is 1. The van der Waals surface area contributed by atoms with Crippen LogP contribution in [0, 0.1) is 0 Å². The van der Waals surface area contributed by atoms with Gasteiger partial charge in [-0.2, -0.15) is 5.10 Å². The molecule has 1 aromatic carbocycles. The van der Waals surface area contributed by atoms with Gasteiger partial charge < -0.3 is 14.7 Å². The zero-order chi connectivity index (χ0) is 19.4. The summed E-state index contributed by atoms with van der Waals surface area (Å²) in [5.74, 6) is 0. The van der Waals surface area contributed by atoms with Crippen molar-refractivity contribution >= 4 is 23.2 Å². The normalized spacial score (nSPS) is 20.2. The van der Waals surface area contributed by atoms with Crippen molar-refractivity contribution in [1.29, 1.82) is 0 Å². The van der Waals surface area contributed by atoms with Crippen molar-refractivity contribution in [2.75, 3.05) is 6.54 Å². The van der Waals surface area contributed by atoms with Crippen molar-refractivity contribution in [3.8, 4) is 11.4 Å². The van der Waals surface area contributed by atoms with Crippen LogP contribution in [-0.4, -0.2) is 42.7 Å². The molecule has 2 aromatic heterocycles. The van der Waals surface area contributed by atoms with Crippen molar-refractivity contribution in [3.05, 3.63) is 56.9 Å². The Hall–Kier alpha value is -1.90. The van der Waals surface area contributed by atoms with Crippen LogP contribution in [-0.2, 0) is 25.9 Å². The summed E-state index contributed by atoms with van der Waals surface area (Å²) >= 11 is 12.1. The molecule has 28 heavy (non-hydrogen) atoms. The van der Waals surface area contributed by atoms with Crippen molar-refractivity contribution in [3.63, 3.8) is 0 Å². The number of hydrogen-bond acceptors (Lipinski definition) is 6. The van der Waals surface area contributed by atoms with Gasteiger partial charge >= 0.3 is 0 Å². The van der Waals surface area contributed by atoms with Gasteiger partial charge in [-0.25, -0.2) is 0 Å². The van der Waals surface area contributed by atoms with E-state index in [9.17, 15) is 10.2 Å². The number of hydrogen-bond donors (Lipinski definition) is 2. The van der Waals surface area contributed by atoms with Crippen molar-refractivity contribution in [2.24, 2.45) is 0 Å². The first-order valence-corrected chi connectivity index (χ1v) is 9.84. The van der Waals surface area contributed by atoms with E-state index in [1.165, 1.54) is 0 Å². The van der Waals surface area contributed by atoms with Crippen LogP contribution in [0.5, 0.6) is 0 Å². The van der Waals surface area contributed by atoms with Gasteiger partial charge in [-0.05, 0) is 17.7 Å². The fourth-order valence-corrected chi connectivity index (χ4v) is 4.36. The van der Waals surface area contributed by atoms with Crippen LogP contribution in [0.3, 0.4) is 0 Å². The zero-order valence-corrected chi connectivity index (χ0v) is 16.4. The summed E-state index contributed by atoms with van der Waals surface area (Å²) in [6.07, 6.45) is 1.40. The average Bonchev–Trinajstić information content (AvgIpc) is 3.23. The van der Waals surface area contributed by atoms with Gasteiger partial charge in [-0.3, -0.25) is 9.58 Å². The monoisotopic (exact) mass is 420 g/mol. The Morgan fingerprint density at radius 1 is 1.25 bits per heavy atom. The van der Waals surface area contributed by atoms with E-state index >= 15 is 0 Å². The Balaban J connectivity index is 1.51. The molecule has 9 heteroatoms. The number of nitrogens with zero attached hydrogens (tertiary/aromatic N) is 4. The molecule has 0 radical (unpaired) electrons. The van der Waals surface area contributed by atoms with Crippen molar-refractivity contribution in [1.82, 2.24) is 19.8 Å². The van der Waals surface area contributed by atoms with E-state index in [4.69, 9.17) is 32.8 Å². The number of halogens is 2. The van der Waals surface area contributed by atoms with Gasteiger partial charge in [0, 0.05) is 37.1 Å². The lowest BCUT2D eigenvalue weighted by molar-refractivity contribution is -0.00781. The first kappa shape index (κ1) is 18.1. The summed E-state index contributed by atoms with van der Waals surface area (Å²) in [5, 5.41) is 30.9. The molecule has 0 spiro atoms. The summed E-state index contributed by atoms with van der Waals surface area (Å²) in [7, 11) is 0. The Morgan fingerprint density at radius 3 is 2.93 bits per heavy atom. The van der Waals surface area contributed by atoms with E-state index in [0.29, 0.717) is 48.1 Å². The van der Waals surface area contributed by atoms with E-state index in [-0.39, 0.29) is 0 Å². The van der Waals surface area contributed by atoms with Gasteiger partial charge in [0.1, 0.15) is 18.2 Å². The SMILES string of the molecule is OC1Cc2conc2-c2c3c(nn2C1)CCN(C(O)c1ccc(Cl)c(Cl)c1)C3. The lowest BCUT2D eigenvalue weighted by Crippen LogP contribution is -2.34. The predicted octanol–water partition coefficient (Wildman–Crippen LogP) is 2.81. The van der Waals surface area contributed by atoms with Gasteiger partial charge in [0.2, 0.25) is 0 Å². The van der Waals surface area contributed by atoms with E-state index in [0.717, 1.165) is 28.2 Å². The molecule has 0 saturated carbocycles. The lowest BCUT2D eigenvalue weighted by Gasteiger charge is -2.31. The number of aliphatic hydroxyl groups excluding tert-OH is 2. The minimum atomic E-state index is -0.813. The first-order valence-electron chi connectivity index (χ1n) is 9.08. The second-order valence-electron chi connectivity index (χ2n) is 7.27. The van der Waals surface area contributed by atoms with Gasteiger partial charge in [-0.1, -0.05) is 34.4 Å². The molecule has 4 heterocycles. The van der Waals surface area contributed by atoms with Gasteiger partial charge in [0.25, 0.3) is 0 Å². The Kier molecular flexibility index (Phi) is 4.45. The number of fused-ring (bicyclic) bond motifs is 5. The van der Waals surface area contributed by atoms with Crippen molar-refractivity contribution < 1.29 is 14.7 Å². The highest BCUT2D eigenvalue weighted by Crippen LogP contribution is 2.37. The molecule has 0 aliphatic carbocycles. The molecule has 7 nitrogen and oxygen atoms in total. The smallest absolute Gasteiger partial charge is 0.135 e. The minimum absolute atomic E-state index is 0.411. The summed E-state index contributed by atoms with van der Waals surface area (Å²) in [5.41, 5.74) is 5.12. The van der Waals surface area contributed by atoms with Crippen LogP contribution in [0.15, 0.2) is 29.0 Å². The standard InChI is InChI=1S/C19H18Cl2N4O3/c20-14-2-1-10(6-15(14)21)19(27)24-4-3-16-13(8-24)18-17-11(9-28-23-17)5-12(26)7-25(18)22-16/h1-2,6,9,12,19,26-27H,3-5,7-8H2. The van der Waals surface area contributed by atoms with Gasteiger partial charge in [0.05, 0.1) is 34.1 Å². The van der Waals surface area contributed by atoms with Crippen LogP contribution < -0.4 is 0 Å². The summed E-state index contributed by atoms with van der Waals surface area (Å²) in [4.78, 5) is 1.96. The quantitative estimate of drug-likeness (QED) is 0.662. The van der Waals surface area contributed by atoms with Crippen LogP contribution in [0.4, 0.5) is 0 Å². The molecule has 0 fully saturated rings. The molecule has 0 bridgehead atoms. The average molecular weight is 421 g/mol. The molecule has 146 valence electrons. The second kappa shape index (κ2) is 6.86. The third-order valence-corrected chi connectivity index (χ3v) is 6.16. The van der Waals surface area contributed by atoms with Crippen LogP contribution in [0.2, 0.25) is 10.0 Å². The summed E-state index contributed by atoms with van der Waals surface area (Å²) < 4.78 is 6.98. The molecule has 2 aliphatic rings. The Bertz CT molecular complexity index is 1050. The molecule has 3 aromatic rings. The van der Waals surface area contributed by atoms with E-state index in [1.807, 2.05) is 9.58 Å². The first-order chi connectivity index (χ1) is 13.5. The zero-order valence-electron chi connectivity index (χ0n) is 14.8. The highest BCUT2D eigenvalue weighted by Gasteiger charge is 2.33. The fraction of sp³-hybridized carbons (Fsp3) is 0.368. The number of rotatable bonds is 2. The highest BCUT2D eigenvalue weighted by atomic mass is 35.5. The number of aromatic nitrogens is 3. The molecular weight excluding hydrogens is 403 g/mol. The molecular formula is C19H18Cl2N4O3. The largest absolute Gasteiger partial charge is 0.391 e. The third kappa shape index (κ3) is 2.94. The molecule has 0 saturated heterocycles. The third-order valence-electron chi connectivity index (χ3n) is 5.43. The Labute approximate surface area is 171 Å². The minimum Gasteiger partial charge on any atom is -0.391 e. The molecule has 2 atom stereocenters. The predicted molar refractivity (Wildman–Crippen MR) is 103 cm³/mol. The van der Waals surface area contributed by atoms with Gasteiger partial charge in [0.15, 0.2) is 0 Å². The Morgan fingerprint density at radius 2 is 2.11 bits per heavy atom. The van der Waals surface area contributed by atoms with Gasteiger partial charge in [-0.15, -0.1) is 0 Å². The highest BCUT2D eigenvalue weighted by molar-refractivity contribution is 6.42. The topological polar surface area (TPSA) is 87.6 Å². The molecule has 5 rings (SSSR count). The van der Waals surface area contributed by atoms with Crippen LogP contribution in [0.25, 0.3) is 11.4 Å². The maximum absolute atomic E-state index is 10.9. The fourth-order valence-electron chi connectivity index (χ4n) is 4.05. The molecule has 2 unspecified atom stereocenters. The maximum Gasteiger partial charge on any atom is 0.135 e. The van der Waals surface area contributed by atoms with Crippen LogP contribution >= 0.6 is 23.2 Å². The van der Waals surface area contributed by atoms with Crippen molar-refractivity contribution in [2.45, 2.75) is 38.3 Å². The molecule has 2 aliphatic heterocycles. The molecule has 2 N–H and O–H groups in total. The van der Waals surface area contributed by atoms with E-state index in [1.54, 1.807) is 24.5 Å². The lowest BCUT2D eigenvalue weighted by atomic mass is 10.0. The summed E-state index contributed by atoms with van der Waals surface area (Å²) in [6.45, 7) is 1.57. The van der Waals surface area contributed by atoms with Crippen LogP contribution in [0.1, 0.15) is 28.6 Å². The number of aliphatic hydroxyl groups is 2. The van der Waals surface area contributed by atoms with E-state index in [2.05, 4.69) is 5.16 Å².